The molecule has 0 saturated carbocycles. The van der Waals surface area contributed by atoms with Crippen molar-refractivity contribution in [2.45, 2.75) is 37.6 Å². The SMILES string of the molecule is CCC(C)(C)N(C)S(=O)(=O)c1ccc(NN)cc1. The summed E-state index contributed by atoms with van der Waals surface area (Å²) >= 11 is 0. The van der Waals surface area contributed by atoms with Crippen molar-refractivity contribution in [2.75, 3.05) is 12.5 Å². The maximum Gasteiger partial charge on any atom is 0.243 e. The number of anilines is 1. The highest BCUT2D eigenvalue weighted by molar-refractivity contribution is 7.89. The summed E-state index contributed by atoms with van der Waals surface area (Å²) in [5.74, 6) is 5.25. The van der Waals surface area contributed by atoms with Gasteiger partial charge in [-0.25, -0.2) is 8.42 Å². The van der Waals surface area contributed by atoms with E-state index in [9.17, 15) is 8.42 Å². The molecule has 1 aromatic carbocycles. The smallest absolute Gasteiger partial charge is 0.243 e. The van der Waals surface area contributed by atoms with Gasteiger partial charge in [-0.05, 0) is 44.5 Å². The van der Waals surface area contributed by atoms with Gasteiger partial charge in [-0.15, -0.1) is 0 Å². The first-order valence-electron chi connectivity index (χ1n) is 5.81. The van der Waals surface area contributed by atoms with Crippen LogP contribution in [0.3, 0.4) is 0 Å². The zero-order valence-electron chi connectivity index (χ0n) is 11.3. The van der Waals surface area contributed by atoms with Crippen LogP contribution in [0.1, 0.15) is 27.2 Å². The molecule has 5 nitrogen and oxygen atoms in total. The molecule has 0 fully saturated rings. The van der Waals surface area contributed by atoms with E-state index in [0.29, 0.717) is 5.69 Å². The third-order valence-electron chi connectivity index (χ3n) is 3.40. The minimum atomic E-state index is -3.47. The number of nitrogens with one attached hydrogen (secondary N) is 1. The lowest BCUT2D eigenvalue weighted by atomic mass is 10.0. The second-order valence-electron chi connectivity index (χ2n) is 4.81. The highest BCUT2D eigenvalue weighted by Crippen LogP contribution is 2.25. The number of nitrogens with zero attached hydrogens (tertiary/aromatic N) is 1. The Bertz CT molecular complexity index is 495. The second kappa shape index (κ2) is 5.26. The number of hydrogen-bond donors (Lipinski definition) is 2. The van der Waals surface area contributed by atoms with Gasteiger partial charge >= 0.3 is 0 Å². The molecule has 6 heteroatoms. The van der Waals surface area contributed by atoms with Crippen LogP contribution in [0.4, 0.5) is 5.69 Å². The normalized spacial score (nSPS) is 12.8. The molecule has 0 aromatic heterocycles. The first kappa shape index (κ1) is 14.9. The van der Waals surface area contributed by atoms with E-state index in [2.05, 4.69) is 5.43 Å². The molecule has 0 bridgehead atoms. The van der Waals surface area contributed by atoms with Crippen molar-refractivity contribution >= 4 is 15.7 Å². The molecule has 18 heavy (non-hydrogen) atoms. The van der Waals surface area contributed by atoms with E-state index < -0.39 is 15.6 Å². The van der Waals surface area contributed by atoms with Crippen molar-refractivity contribution < 1.29 is 8.42 Å². The third-order valence-corrected chi connectivity index (χ3v) is 5.48. The van der Waals surface area contributed by atoms with Crippen molar-refractivity contribution in [1.29, 1.82) is 0 Å². The Morgan fingerprint density at radius 1 is 1.28 bits per heavy atom. The molecule has 1 rings (SSSR count). The number of nitrogens with two attached hydrogens (primary N) is 1. The Kier molecular flexibility index (Phi) is 4.37. The lowest BCUT2D eigenvalue weighted by Gasteiger charge is -2.33. The molecule has 0 aliphatic rings. The molecule has 102 valence electrons. The summed E-state index contributed by atoms with van der Waals surface area (Å²) in [5.41, 5.74) is 2.73. The van der Waals surface area contributed by atoms with Gasteiger partial charge < -0.3 is 5.43 Å². The van der Waals surface area contributed by atoms with Gasteiger partial charge in [0.15, 0.2) is 0 Å². The summed E-state index contributed by atoms with van der Waals surface area (Å²) < 4.78 is 26.2. The highest BCUT2D eigenvalue weighted by Gasteiger charge is 2.32. The molecule has 0 spiro atoms. The van der Waals surface area contributed by atoms with E-state index >= 15 is 0 Å². The maximum absolute atomic E-state index is 12.4. The van der Waals surface area contributed by atoms with Crippen LogP contribution in [0.5, 0.6) is 0 Å². The number of sulfonamides is 1. The van der Waals surface area contributed by atoms with Gasteiger partial charge in [0.1, 0.15) is 0 Å². The van der Waals surface area contributed by atoms with Crippen molar-refractivity contribution in [3.63, 3.8) is 0 Å². The van der Waals surface area contributed by atoms with Gasteiger partial charge in [-0.2, -0.15) is 4.31 Å². The van der Waals surface area contributed by atoms with Gasteiger partial charge in [0.25, 0.3) is 0 Å². The molecule has 0 aliphatic heterocycles. The number of nitrogen functional groups attached to an aromatic ring is 1. The minimum absolute atomic E-state index is 0.269. The Morgan fingerprint density at radius 2 is 1.78 bits per heavy atom. The summed E-state index contributed by atoms with van der Waals surface area (Å²) in [6.45, 7) is 5.77. The van der Waals surface area contributed by atoms with Gasteiger partial charge in [0.05, 0.1) is 4.90 Å². The number of rotatable bonds is 5. The standard InChI is InChI=1S/C12H21N3O2S/c1-5-12(2,3)15(4)18(16,17)11-8-6-10(14-13)7-9-11/h6-9,14H,5,13H2,1-4H3. The molecule has 0 unspecified atom stereocenters. The Balaban J connectivity index is 3.13. The van der Waals surface area contributed by atoms with E-state index in [1.807, 2.05) is 20.8 Å². The zero-order chi connectivity index (χ0) is 14.0. The van der Waals surface area contributed by atoms with Crippen LogP contribution in [0.15, 0.2) is 29.2 Å². The first-order chi connectivity index (χ1) is 8.25. The minimum Gasteiger partial charge on any atom is -0.324 e. The second-order valence-corrected chi connectivity index (χ2v) is 6.78. The largest absolute Gasteiger partial charge is 0.324 e. The van der Waals surface area contributed by atoms with Gasteiger partial charge in [-0.3, -0.25) is 5.84 Å². The average Bonchev–Trinajstić information content (AvgIpc) is 2.37. The molecule has 1 aromatic rings. The molecule has 3 N–H and O–H groups in total. The molecular formula is C12H21N3O2S. The van der Waals surface area contributed by atoms with Crippen LogP contribution in [-0.4, -0.2) is 25.3 Å². The van der Waals surface area contributed by atoms with Gasteiger partial charge in [0, 0.05) is 18.3 Å². The molecule has 0 radical (unpaired) electrons. The van der Waals surface area contributed by atoms with E-state index in [4.69, 9.17) is 5.84 Å². The fraction of sp³-hybridized carbons (Fsp3) is 0.500. The van der Waals surface area contributed by atoms with E-state index in [0.717, 1.165) is 6.42 Å². The van der Waals surface area contributed by atoms with Gasteiger partial charge in [-0.1, -0.05) is 6.92 Å². The summed E-state index contributed by atoms with van der Waals surface area (Å²) in [7, 11) is -1.86. The molecule has 0 saturated heterocycles. The maximum atomic E-state index is 12.4. The Labute approximate surface area is 109 Å². The molecule has 0 atom stereocenters. The van der Waals surface area contributed by atoms with Crippen LogP contribution >= 0.6 is 0 Å². The molecular weight excluding hydrogens is 250 g/mol. The van der Waals surface area contributed by atoms with Crippen LogP contribution < -0.4 is 11.3 Å². The average molecular weight is 271 g/mol. The summed E-state index contributed by atoms with van der Waals surface area (Å²) in [4.78, 5) is 0.269. The summed E-state index contributed by atoms with van der Waals surface area (Å²) in [5, 5.41) is 0. The number of hydrogen-bond acceptors (Lipinski definition) is 4. The van der Waals surface area contributed by atoms with E-state index in [1.165, 1.54) is 4.31 Å². The van der Waals surface area contributed by atoms with Crippen molar-refractivity contribution in [3.05, 3.63) is 24.3 Å². The van der Waals surface area contributed by atoms with Crippen LogP contribution in [-0.2, 0) is 10.0 Å². The highest BCUT2D eigenvalue weighted by atomic mass is 32.2. The fourth-order valence-electron chi connectivity index (χ4n) is 1.43. The van der Waals surface area contributed by atoms with E-state index in [1.54, 1.807) is 31.3 Å². The third kappa shape index (κ3) is 2.82. The van der Waals surface area contributed by atoms with Crippen molar-refractivity contribution in [3.8, 4) is 0 Å². The predicted molar refractivity (Wildman–Crippen MR) is 73.6 cm³/mol. The summed E-state index contributed by atoms with van der Waals surface area (Å²) in [6.07, 6.45) is 0.741. The van der Waals surface area contributed by atoms with E-state index in [-0.39, 0.29) is 4.90 Å². The molecule has 0 heterocycles. The van der Waals surface area contributed by atoms with Crippen molar-refractivity contribution in [1.82, 2.24) is 4.31 Å². The zero-order valence-corrected chi connectivity index (χ0v) is 12.1. The Hall–Kier alpha value is -1.11. The Morgan fingerprint density at radius 3 is 2.17 bits per heavy atom. The van der Waals surface area contributed by atoms with Crippen molar-refractivity contribution in [2.24, 2.45) is 5.84 Å². The number of benzene rings is 1. The molecule has 0 amide bonds. The topological polar surface area (TPSA) is 75.4 Å². The van der Waals surface area contributed by atoms with Crippen LogP contribution in [0, 0.1) is 0 Å². The quantitative estimate of drug-likeness (QED) is 0.632. The number of hydrazine groups is 1. The predicted octanol–water partition coefficient (Wildman–Crippen LogP) is 1.78. The van der Waals surface area contributed by atoms with Crippen LogP contribution in [0.2, 0.25) is 0 Å². The van der Waals surface area contributed by atoms with Crippen LogP contribution in [0.25, 0.3) is 0 Å². The molecule has 0 aliphatic carbocycles. The lowest BCUT2D eigenvalue weighted by molar-refractivity contribution is 0.257. The fourth-order valence-corrected chi connectivity index (χ4v) is 3.01. The first-order valence-corrected chi connectivity index (χ1v) is 7.25. The lowest BCUT2D eigenvalue weighted by Crippen LogP contribution is -2.44. The monoisotopic (exact) mass is 271 g/mol. The summed E-state index contributed by atoms with van der Waals surface area (Å²) in [6, 6.07) is 6.37. The van der Waals surface area contributed by atoms with Gasteiger partial charge in [0.2, 0.25) is 10.0 Å².